The van der Waals surface area contributed by atoms with Crippen molar-refractivity contribution in [2.24, 2.45) is 5.41 Å². The van der Waals surface area contributed by atoms with Crippen LogP contribution in [0.15, 0.2) is 59.9 Å². The highest BCUT2D eigenvalue weighted by Gasteiger charge is 2.47. The summed E-state index contributed by atoms with van der Waals surface area (Å²) in [6.45, 7) is 10.1. The third-order valence-electron chi connectivity index (χ3n) is 7.52. The van der Waals surface area contributed by atoms with Crippen LogP contribution in [0.1, 0.15) is 24.8 Å². The SMILES string of the molecule is C=C(c1ccc(N2CCC3(CC3)C2)cc1)N1CCN(c2nc3ccccc3c(=O)[nH]2)CC1. The Morgan fingerprint density at radius 2 is 1.66 bits per heavy atom. The van der Waals surface area contributed by atoms with Crippen molar-refractivity contribution in [3.63, 3.8) is 0 Å². The summed E-state index contributed by atoms with van der Waals surface area (Å²) in [6, 6.07) is 16.4. The van der Waals surface area contributed by atoms with Crippen LogP contribution >= 0.6 is 0 Å². The minimum absolute atomic E-state index is 0.0804. The van der Waals surface area contributed by atoms with E-state index in [4.69, 9.17) is 0 Å². The molecular weight excluding hydrogens is 398 g/mol. The number of H-pyrrole nitrogens is 1. The summed E-state index contributed by atoms with van der Waals surface area (Å²) in [5, 5.41) is 0.632. The monoisotopic (exact) mass is 427 g/mol. The lowest BCUT2D eigenvalue weighted by Gasteiger charge is -2.37. The first-order valence-electron chi connectivity index (χ1n) is 11.6. The lowest BCUT2D eigenvalue weighted by molar-refractivity contribution is 0.365. The molecule has 2 aliphatic heterocycles. The maximum Gasteiger partial charge on any atom is 0.260 e. The van der Waals surface area contributed by atoms with Crippen LogP contribution in [0.5, 0.6) is 0 Å². The molecule has 6 nitrogen and oxygen atoms in total. The van der Waals surface area contributed by atoms with Crippen LogP contribution in [-0.2, 0) is 0 Å². The fraction of sp³-hybridized carbons (Fsp3) is 0.385. The van der Waals surface area contributed by atoms with Crippen LogP contribution in [-0.4, -0.2) is 54.1 Å². The Morgan fingerprint density at radius 1 is 0.906 bits per heavy atom. The Balaban J connectivity index is 1.11. The number of hydrogen-bond acceptors (Lipinski definition) is 5. The zero-order valence-electron chi connectivity index (χ0n) is 18.4. The predicted molar refractivity (Wildman–Crippen MR) is 130 cm³/mol. The van der Waals surface area contributed by atoms with E-state index in [0.29, 0.717) is 16.7 Å². The Morgan fingerprint density at radius 3 is 2.38 bits per heavy atom. The highest BCUT2D eigenvalue weighted by atomic mass is 16.1. The van der Waals surface area contributed by atoms with E-state index in [2.05, 4.69) is 55.5 Å². The van der Waals surface area contributed by atoms with Gasteiger partial charge in [-0.05, 0) is 54.5 Å². The molecule has 0 unspecified atom stereocenters. The molecule has 3 heterocycles. The number of anilines is 2. The van der Waals surface area contributed by atoms with Gasteiger partial charge in [-0.1, -0.05) is 30.8 Å². The molecule has 0 radical (unpaired) electrons. The largest absolute Gasteiger partial charge is 0.371 e. The second kappa shape index (κ2) is 7.40. The van der Waals surface area contributed by atoms with Crippen molar-refractivity contribution in [3.05, 3.63) is 71.0 Å². The lowest BCUT2D eigenvalue weighted by Crippen LogP contribution is -2.46. The van der Waals surface area contributed by atoms with Gasteiger partial charge in [0.2, 0.25) is 5.95 Å². The van der Waals surface area contributed by atoms with Crippen molar-refractivity contribution in [3.8, 4) is 0 Å². The highest BCUT2D eigenvalue weighted by molar-refractivity contribution is 5.78. The topological polar surface area (TPSA) is 55.5 Å². The van der Waals surface area contributed by atoms with E-state index in [9.17, 15) is 4.79 Å². The molecule has 1 spiro atoms. The summed E-state index contributed by atoms with van der Waals surface area (Å²) in [6.07, 6.45) is 4.17. The van der Waals surface area contributed by atoms with Crippen molar-refractivity contribution in [2.45, 2.75) is 19.3 Å². The molecule has 3 aromatic rings. The van der Waals surface area contributed by atoms with Gasteiger partial charge in [0.1, 0.15) is 0 Å². The number of rotatable bonds is 4. The van der Waals surface area contributed by atoms with Crippen molar-refractivity contribution in [2.75, 3.05) is 49.1 Å². The Labute approximate surface area is 188 Å². The van der Waals surface area contributed by atoms with Gasteiger partial charge in [0, 0.05) is 50.7 Å². The van der Waals surface area contributed by atoms with E-state index in [0.717, 1.165) is 37.4 Å². The van der Waals surface area contributed by atoms with Gasteiger partial charge < -0.3 is 14.7 Å². The smallest absolute Gasteiger partial charge is 0.260 e. The van der Waals surface area contributed by atoms with Crippen molar-refractivity contribution in [1.82, 2.24) is 14.9 Å². The van der Waals surface area contributed by atoms with Crippen molar-refractivity contribution < 1.29 is 0 Å². The van der Waals surface area contributed by atoms with E-state index in [1.54, 1.807) is 0 Å². The zero-order chi connectivity index (χ0) is 21.7. The number of fused-ring (bicyclic) bond motifs is 1. The molecule has 6 heteroatoms. The number of benzene rings is 2. The Hall–Kier alpha value is -3.28. The molecule has 1 saturated carbocycles. The Kier molecular flexibility index (Phi) is 4.49. The lowest BCUT2D eigenvalue weighted by atomic mass is 10.1. The van der Waals surface area contributed by atoms with E-state index >= 15 is 0 Å². The van der Waals surface area contributed by atoms with Gasteiger partial charge in [-0.15, -0.1) is 0 Å². The first-order chi connectivity index (χ1) is 15.6. The fourth-order valence-electron chi connectivity index (χ4n) is 5.20. The van der Waals surface area contributed by atoms with Gasteiger partial charge >= 0.3 is 0 Å². The average molecular weight is 428 g/mol. The van der Waals surface area contributed by atoms with Gasteiger partial charge in [0.05, 0.1) is 10.9 Å². The molecule has 2 saturated heterocycles. The molecule has 32 heavy (non-hydrogen) atoms. The van der Waals surface area contributed by atoms with Gasteiger partial charge in [-0.25, -0.2) is 4.98 Å². The molecule has 0 atom stereocenters. The number of aromatic amines is 1. The van der Waals surface area contributed by atoms with Crippen LogP contribution in [0.25, 0.3) is 16.6 Å². The first kappa shape index (κ1) is 19.4. The fourth-order valence-corrected chi connectivity index (χ4v) is 5.20. The van der Waals surface area contributed by atoms with E-state index in [1.165, 1.54) is 43.6 Å². The molecule has 2 aromatic carbocycles. The summed E-state index contributed by atoms with van der Waals surface area (Å²) in [7, 11) is 0. The second-order valence-electron chi connectivity index (χ2n) is 9.55. The predicted octanol–water partition coefficient (Wildman–Crippen LogP) is 3.71. The van der Waals surface area contributed by atoms with Crippen LogP contribution in [0, 0.1) is 5.41 Å². The average Bonchev–Trinajstić information content (AvgIpc) is 3.47. The summed E-state index contributed by atoms with van der Waals surface area (Å²) in [5.41, 5.74) is 4.89. The van der Waals surface area contributed by atoms with Gasteiger partial charge in [0.25, 0.3) is 5.56 Å². The Bertz CT molecular complexity index is 1220. The second-order valence-corrected chi connectivity index (χ2v) is 9.55. The molecule has 6 rings (SSSR count). The number of hydrogen-bond donors (Lipinski definition) is 1. The third kappa shape index (κ3) is 3.44. The summed E-state index contributed by atoms with van der Waals surface area (Å²) < 4.78 is 0. The first-order valence-corrected chi connectivity index (χ1v) is 11.6. The molecule has 1 aliphatic carbocycles. The van der Waals surface area contributed by atoms with Crippen molar-refractivity contribution in [1.29, 1.82) is 0 Å². The molecular formula is C26H29N5O. The van der Waals surface area contributed by atoms with Crippen LogP contribution in [0.2, 0.25) is 0 Å². The van der Waals surface area contributed by atoms with Gasteiger partial charge in [-0.2, -0.15) is 0 Å². The quantitative estimate of drug-likeness (QED) is 0.688. The van der Waals surface area contributed by atoms with E-state index in [1.807, 2.05) is 24.3 Å². The molecule has 3 aliphatic rings. The standard InChI is InChI=1S/C26H29N5O/c1-19(20-6-8-21(9-7-20)31-13-12-26(18-31)10-11-26)29-14-16-30(17-15-29)25-27-23-5-3-2-4-22(23)24(32)28-25/h2-9H,1,10-18H2,(H,27,28,32). The molecule has 1 N–H and O–H groups in total. The maximum atomic E-state index is 12.4. The van der Waals surface area contributed by atoms with Crippen LogP contribution in [0.3, 0.4) is 0 Å². The van der Waals surface area contributed by atoms with Crippen LogP contribution in [0.4, 0.5) is 11.6 Å². The molecule has 3 fully saturated rings. The summed E-state index contributed by atoms with van der Waals surface area (Å²) in [4.78, 5) is 27.1. The summed E-state index contributed by atoms with van der Waals surface area (Å²) >= 11 is 0. The van der Waals surface area contributed by atoms with Gasteiger partial charge in [-0.3, -0.25) is 9.78 Å². The normalized spacial score (nSPS) is 19.7. The maximum absolute atomic E-state index is 12.4. The number of piperazine rings is 1. The van der Waals surface area contributed by atoms with Crippen molar-refractivity contribution >= 4 is 28.2 Å². The molecule has 1 aromatic heterocycles. The molecule has 0 bridgehead atoms. The highest BCUT2D eigenvalue weighted by Crippen LogP contribution is 2.53. The third-order valence-corrected chi connectivity index (χ3v) is 7.52. The number of para-hydroxylation sites is 1. The van der Waals surface area contributed by atoms with Gasteiger partial charge in [0.15, 0.2) is 0 Å². The van der Waals surface area contributed by atoms with E-state index in [-0.39, 0.29) is 5.56 Å². The zero-order valence-corrected chi connectivity index (χ0v) is 18.4. The minimum atomic E-state index is -0.0804. The van der Waals surface area contributed by atoms with Crippen LogP contribution < -0.4 is 15.4 Å². The number of aromatic nitrogens is 2. The number of nitrogens with one attached hydrogen (secondary N) is 1. The molecule has 0 amide bonds. The minimum Gasteiger partial charge on any atom is -0.371 e. The number of nitrogens with zero attached hydrogens (tertiary/aromatic N) is 4. The molecule has 164 valence electrons. The summed E-state index contributed by atoms with van der Waals surface area (Å²) in [5.74, 6) is 0.655. The van der Waals surface area contributed by atoms with E-state index < -0.39 is 0 Å².